The van der Waals surface area contributed by atoms with E-state index >= 15 is 0 Å². The van der Waals surface area contributed by atoms with E-state index in [0.717, 1.165) is 29.4 Å². The van der Waals surface area contributed by atoms with E-state index in [2.05, 4.69) is 0 Å². The molecule has 0 atom stereocenters. The van der Waals surface area contributed by atoms with Crippen molar-refractivity contribution >= 4 is 35.5 Å². The minimum atomic E-state index is -0.739. The van der Waals surface area contributed by atoms with Gasteiger partial charge in [-0.05, 0) is 64.2 Å². The van der Waals surface area contributed by atoms with Crippen LogP contribution >= 0.6 is 23.5 Å². The first kappa shape index (κ1) is 22.9. The molecule has 0 bridgehead atoms. The lowest BCUT2D eigenvalue weighted by atomic mass is 9.90. The molecule has 0 aliphatic carbocycles. The van der Waals surface area contributed by atoms with Crippen LogP contribution in [0.15, 0.2) is 30.3 Å². The first-order valence-electron chi connectivity index (χ1n) is 8.81. The number of para-hydroxylation sites is 1. The highest BCUT2D eigenvalue weighted by atomic mass is 32.2. The molecule has 0 spiro atoms. The Kier molecular flexibility index (Phi) is 9.58. The summed E-state index contributed by atoms with van der Waals surface area (Å²) < 4.78 is 5.44. The SMILES string of the molecule is CC(C)(CCSCCSCCC(C)(C)C(=O)Oc1ccccc1)C(=O)O. The number of aliphatic carboxylic acids is 1. The molecule has 0 aromatic heterocycles. The van der Waals surface area contributed by atoms with Crippen LogP contribution in [0.4, 0.5) is 0 Å². The second kappa shape index (κ2) is 10.9. The Hall–Kier alpha value is -1.14. The number of benzene rings is 1. The topological polar surface area (TPSA) is 63.6 Å². The zero-order valence-corrected chi connectivity index (χ0v) is 17.8. The summed E-state index contributed by atoms with van der Waals surface area (Å²) in [5.41, 5.74) is -1.16. The van der Waals surface area contributed by atoms with E-state index in [1.807, 2.05) is 43.8 Å². The average Bonchev–Trinajstić information content (AvgIpc) is 2.57. The lowest BCUT2D eigenvalue weighted by molar-refractivity contribution is -0.147. The Labute approximate surface area is 165 Å². The quantitative estimate of drug-likeness (QED) is 0.304. The molecule has 0 fully saturated rings. The number of thioether (sulfide) groups is 2. The third-order valence-corrected chi connectivity index (χ3v) is 6.43. The predicted molar refractivity (Wildman–Crippen MR) is 111 cm³/mol. The standard InChI is InChI=1S/C20H30O4S2/c1-19(2,17(21)22)10-12-25-14-15-26-13-11-20(3,4)18(23)24-16-8-6-5-7-9-16/h5-9H,10-15H2,1-4H3,(H,21,22). The van der Waals surface area contributed by atoms with E-state index in [1.54, 1.807) is 37.7 Å². The summed E-state index contributed by atoms with van der Waals surface area (Å²) >= 11 is 3.61. The molecule has 0 aliphatic heterocycles. The lowest BCUT2D eigenvalue weighted by Crippen LogP contribution is -2.29. The van der Waals surface area contributed by atoms with Gasteiger partial charge in [-0.25, -0.2) is 0 Å². The fourth-order valence-electron chi connectivity index (χ4n) is 1.92. The maximum Gasteiger partial charge on any atom is 0.316 e. The summed E-state index contributed by atoms with van der Waals surface area (Å²) in [5, 5.41) is 9.08. The number of carboxylic acids is 1. The molecular formula is C20H30O4S2. The van der Waals surface area contributed by atoms with E-state index in [0.29, 0.717) is 12.2 Å². The monoisotopic (exact) mass is 398 g/mol. The van der Waals surface area contributed by atoms with Crippen molar-refractivity contribution in [3.63, 3.8) is 0 Å². The predicted octanol–water partition coefficient (Wildman–Crippen LogP) is 4.98. The van der Waals surface area contributed by atoms with Crippen molar-refractivity contribution in [3.8, 4) is 5.75 Å². The minimum Gasteiger partial charge on any atom is -0.481 e. The van der Waals surface area contributed by atoms with Crippen molar-refractivity contribution in [2.24, 2.45) is 10.8 Å². The van der Waals surface area contributed by atoms with E-state index in [9.17, 15) is 9.59 Å². The molecule has 0 heterocycles. The molecule has 26 heavy (non-hydrogen) atoms. The number of hydrogen-bond acceptors (Lipinski definition) is 5. The summed E-state index contributed by atoms with van der Waals surface area (Å²) in [7, 11) is 0. The second-order valence-electron chi connectivity index (χ2n) is 7.50. The summed E-state index contributed by atoms with van der Waals surface area (Å²) in [6.45, 7) is 7.37. The third kappa shape index (κ3) is 8.49. The van der Waals surface area contributed by atoms with Crippen LogP contribution in [0.25, 0.3) is 0 Å². The van der Waals surface area contributed by atoms with Crippen LogP contribution in [0.5, 0.6) is 5.75 Å². The van der Waals surface area contributed by atoms with Gasteiger partial charge >= 0.3 is 11.9 Å². The third-order valence-electron chi connectivity index (χ3n) is 4.20. The van der Waals surface area contributed by atoms with Crippen molar-refractivity contribution in [2.75, 3.05) is 23.0 Å². The number of carbonyl (C=O) groups is 2. The number of carboxylic acid groups (broad SMARTS) is 1. The zero-order chi connectivity index (χ0) is 19.6. The molecule has 0 saturated heterocycles. The Morgan fingerprint density at radius 2 is 1.38 bits per heavy atom. The maximum absolute atomic E-state index is 12.3. The number of carbonyl (C=O) groups excluding carboxylic acids is 1. The molecule has 0 amide bonds. The van der Waals surface area contributed by atoms with Crippen LogP contribution < -0.4 is 4.74 Å². The van der Waals surface area contributed by atoms with Crippen LogP contribution in [-0.2, 0) is 9.59 Å². The highest BCUT2D eigenvalue weighted by Gasteiger charge is 2.29. The molecule has 0 unspecified atom stereocenters. The Morgan fingerprint density at radius 3 is 1.88 bits per heavy atom. The number of hydrogen-bond donors (Lipinski definition) is 1. The fraction of sp³-hybridized carbons (Fsp3) is 0.600. The van der Waals surface area contributed by atoms with Crippen LogP contribution in [0.3, 0.4) is 0 Å². The second-order valence-corrected chi connectivity index (χ2v) is 9.95. The highest BCUT2D eigenvalue weighted by molar-refractivity contribution is 8.02. The van der Waals surface area contributed by atoms with Crippen molar-refractivity contribution in [1.82, 2.24) is 0 Å². The van der Waals surface area contributed by atoms with Gasteiger partial charge < -0.3 is 9.84 Å². The average molecular weight is 399 g/mol. The molecule has 6 heteroatoms. The molecule has 1 rings (SSSR count). The van der Waals surface area contributed by atoms with Crippen molar-refractivity contribution in [1.29, 1.82) is 0 Å². The van der Waals surface area contributed by atoms with Gasteiger partial charge in [-0.2, -0.15) is 23.5 Å². The molecule has 0 saturated carbocycles. The molecule has 1 aromatic carbocycles. The molecular weight excluding hydrogens is 368 g/mol. The van der Waals surface area contributed by atoms with Gasteiger partial charge in [-0.3, -0.25) is 9.59 Å². The summed E-state index contributed by atoms with van der Waals surface area (Å²) in [4.78, 5) is 23.3. The largest absolute Gasteiger partial charge is 0.481 e. The molecule has 4 nitrogen and oxygen atoms in total. The molecule has 0 aliphatic rings. The summed E-state index contributed by atoms with van der Waals surface area (Å²) in [5.74, 6) is 3.40. The van der Waals surface area contributed by atoms with Crippen LogP contribution in [-0.4, -0.2) is 40.1 Å². The molecule has 146 valence electrons. The van der Waals surface area contributed by atoms with E-state index in [1.165, 1.54) is 0 Å². The van der Waals surface area contributed by atoms with E-state index in [4.69, 9.17) is 9.84 Å². The van der Waals surface area contributed by atoms with E-state index in [-0.39, 0.29) is 5.97 Å². The first-order chi connectivity index (χ1) is 12.1. The minimum absolute atomic E-state index is 0.199. The van der Waals surface area contributed by atoms with Gasteiger partial charge in [-0.1, -0.05) is 18.2 Å². The van der Waals surface area contributed by atoms with Gasteiger partial charge in [0.15, 0.2) is 0 Å². The normalized spacial score (nSPS) is 12.0. The molecule has 0 radical (unpaired) electrons. The Morgan fingerprint density at radius 1 is 0.885 bits per heavy atom. The zero-order valence-electron chi connectivity index (χ0n) is 16.1. The lowest BCUT2D eigenvalue weighted by Gasteiger charge is -2.22. The van der Waals surface area contributed by atoms with Crippen molar-refractivity contribution in [3.05, 3.63) is 30.3 Å². The van der Waals surface area contributed by atoms with Gasteiger partial charge in [0.2, 0.25) is 0 Å². The molecule has 1 aromatic rings. The van der Waals surface area contributed by atoms with Crippen LogP contribution in [0.1, 0.15) is 40.5 Å². The summed E-state index contributed by atoms with van der Waals surface area (Å²) in [6, 6.07) is 9.15. The van der Waals surface area contributed by atoms with E-state index < -0.39 is 16.8 Å². The number of esters is 1. The smallest absolute Gasteiger partial charge is 0.316 e. The van der Waals surface area contributed by atoms with Gasteiger partial charge in [0.25, 0.3) is 0 Å². The van der Waals surface area contributed by atoms with Crippen LogP contribution in [0.2, 0.25) is 0 Å². The first-order valence-corrected chi connectivity index (χ1v) is 11.1. The van der Waals surface area contributed by atoms with Crippen LogP contribution in [0, 0.1) is 10.8 Å². The summed E-state index contributed by atoms with van der Waals surface area (Å²) in [6.07, 6.45) is 1.44. The van der Waals surface area contributed by atoms with Crippen molar-refractivity contribution < 1.29 is 19.4 Å². The van der Waals surface area contributed by atoms with Gasteiger partial charge in [0, 0.05) is 11.5 Å². The van der Waals surface area contributed by atoms with Gasteiger partial charge in [0.05, 0.1) is 10.8 Å². The Balaban J connectivity index is 2.16. The van der Waals surface area contributed by atoms with Gasteiger partial charge in [-0.15, -0.1) is 0 Å². The maximum atomic E-state index is 12.3. The van der Waals surface area contributed by atoms with Gasteiger partial charge in [0.1, 0.15) is 5.75 Å². The molecule has 1 N–H and O–H groups in total. The number of rotatable bonds is 12. The highest BCUT2D eigenvalue weighted by Crippen LogP contribution is 2.27. The fourth-order valence-corrected chi connectivity index (χ4v) is 4.58. The number of ether oxygens (including phenoxy) is 1. The van der Waals surface area contributed by atoms with Crippen molar-refractivity contribution in [2.45, 2.75) is 40.5 Å². The Bertz CT molecular complexity index is 570.